The van der Waals surface area contributed by atoms with Crippen molar-refractivity contribution in [2.24, 2.45) is 5.92 Å². The van der Waals surface area contributed by atoms with Crippen molar-refractivity contribution in [1.82, 2.24) is 4.98 Å². The lowest BCUT2D eigenvalue weighted by Gasteiger charge is -2.37. The molecule has 2 aliphatic heterocycles. The molecule has 0 bridgehead atoms. The number of ether oxygens (including phenoxy) is 1. The first-order valence-corrected chi connectivity index (χ1v) is 8.63. The molecule has 0 amide bonds. The van der Waals surface area contributed by atoms with E-state index in [-0.39, 0.29) is 6.10 Å². The Hall–Kier alpha value is -2.39. The van der Waals surface area contributed by atoms with Crippen LogP contribution >= 0.6 is 0 Å². The fraction of sp³-hybridized carbons (Fsp3) is 0.286. The fourth-order valence-corrected chi connectivity index (χ4v) is 4.23. The first-order valence-electron chi connectivity index (χ1n) is 8.63. The maximum absolute atomic E-state index is 6.20. The predicted octanol–water partition coefficient (Wildman–Crippen LogP) is 4.79. The van der Waals surface area contributed by atoms with E-state index in [0.29, 0.717) is 12.0 Å². The second kappa shape index (κ2) is 5.32. The third-order valence-corrected chi connectivity index (χ3v) is 5.42. The average molecular weight is 316 g/mol. The number of hydrogen-bond donors (Lipinski definition) is 1. The minimum Gasteiger partial charge on any atom is -0.378 e. The summed E-state index contributed by atoms with van der Waals surface area (Å²) in [6.45, 7) is 2.96. The second-order valence-corrected chi connectivity index (χ2v) is 6.87. The van der Waals surface area contributed by atoms with E-state index in [1.165, 1.54) is 27.8 Å². The van der Waals surface area contributed by atoms with Crippen molar-refractivity contribution in [3.05, 3.63) is 71.4 Å². The zero-order valence-corrected chi connectivity index (χ0v) is 13.7. The molecule has 5 rings (SSSR count). The molecule has 0 unspecified atom stereocenters. The highest BCUT2D eigenvalue weighted by Gasteiger charge is 2.42. The average Bonchev–Trinajstić information content (AvgIpc) is 3.11. The van der Waals surface area contributed by atoms with Crippen molar-refractivity contribution in [1.29, 1.82) is 0 Å². The summed E-state index contributed by atoms with van der Waals surface area (Å²) in [5.74, 6) is 0.464. The van der Waals surface area contributed by atoms with Crippen molar-refractivity contribution >= 4 is 16.6 Å². The van der Waals surface area contributed by atoms with Gasteiger partial charge in [-0.15, -0.1) is 0 Å². The smallest absolute Gasteiger partial charge is 0.0903 e. The lowest BCUT2D eigenvalue weighted by molar-refractivity contribution is 0.0841. The molecule has 3 heteroatoms. The molecule has 3 aromatic rings. The summed E-state index contributed by atoms with van der Waals surface area (Å²) in [5, 5.41) is 5.00. The van der Waals surface area contributed by atoms with Gasteiger partial charge < -0.3 is 10.1 Å². The molecular formula is C21H20N2O. The number of rotatable bonds is 1. The lowest BCUT2D eigenvalue weighted by Crippen LogP contribution is -2.29. The molecule has 1 fully saturated rings. The number of hydrogen-bond acceptors (Lipinski definition) is 3. The fourth-order valence-electron chi connectivity index (χ4n) is 4.23. The van der Waals surface area contributed by atoms with E-state index in [9.17, 15) is 0 Å². The maximum atomic E-state index is 6.20. The molecule has 0 radical (unpaired) electrons. The topological polar surface area (TPSA) is 34.2 Å². The molecule has 1 saturated heterocycles. The number of anilines is 1. The van der Waals surface area contributed by atoms with Crippen LogP contribution in [-0.2, 0) is 4.74 Å². The zero-order valence-electron chi connectivity index (χ0n) is 13.7. The monoisotopic (exact) mass is 316 g/mol. The quantitative estimate of drug-likeness (QED) is 0.701. The van der Waals surface area contributed by atoms with Crippen LogP contribution < -0.4 is 5.32 Å². The van der Waals surface area contributed by atoms with E-state index in [4.69, 9.17) is 4.74 Å². The van der Waals surface area contributed by atoms with E-state index in [0.717, 1.165) is 18.5 Å². The van der Waals surface area contributed by atoms with Gasteiger partial charge in [-0.05, 0) is 37.1 Å². The summed E-state index contributed by atoms with van der Waals surface area (Å²) in [7, 11) is 0. The van der Waals surface area contributed by atoms with E-state index in [1.807, 2.05) is 12.3 Å². The summed E-state index contributed by atoms with van der Waals surface area (Å²) >= 11 is 0. The van der Waals surface area contributed by atoms with Crippen molar-refractivity contribution in [3.63, 3.8) is 0 Å². The van der Waals surface area contributed by atoms with Gasteiger partial charge in [-0.3, -0.25) is 4.98 Å². The number of pyridine rings is 1. The Morgan fingerprint density at radius 3 is 2.83 bits per heavy atom. The van der Waals surface area contributed by atoms with Crippen molar-refractivity contribution in [2.75, 3.05) is 11.9 Å². The number of aromatic nitrogens is 1. The van der Waals surface area contributed by atoms with Crippen molar-refractivity contribution in [3.8, 4) is 0 Å². The number of nitrogens with zero attached hydrogens (tertiary/aromatic N) is 1. The Bertz CT molecular complexity index is 903. The van der Waals surface area contributed by atoms with Crippen LogP contribution in [0.3, 0.4) is 0 Å². The molecule has 1 N–H and O–H groups in total. The van der Waals surface area contributed by atoms with Crippen LogP contribution in [0.25, 0.3) is 10.9 Å². The van der Waals surface area contributed by atoms with Crippen LogP contribution in [0.15, 0.2) is 54.7 Å². The summed E-state index contributed by atoms with van der Waals surface area (Å²) in [5.41, 5.74) is 6.15. The van der Waals surface area contributed by atoms with Gasteiger partial charge in [-0.2, -0.15) is 0 Å². The van der Waals surface area contributed by atoms with Crippen LogP contribution in [0.4, 0.5) is 5.69 Å². The molecule has 0 saturated carbocycles. The molecule has 0 aliphatic carbocycles. The van der Waals surface area contributed by atoms with Crippen molar-refractivity contribution < 1.29 is 4.74 Å². The Balaban J connectivity index is 1.66. The van der Waals surface area contributed by atoms with Gasteiger partial charge in [0, 0.05) is 35.4 Å². The highest BCUT2D eigenvalue weighted by molar-refractivity contribution is 5.88. The lowest BCUT2D eigenvalue weighted by atomic mass is 9.80. The number of benzene rings is 2. The summed E-state index contributed by atoms with van der Waals surface area (Å²) < 4.78 is 6.20. The summed E-state index contributed by atoms with van der Waals surface area (Å²) in [6.07, 6.45) is 3.10. The molecule has 2 aromatic carbocycles. The number of nitrogens with one attached hydrogen (secondary N) is 1. The largest absolute Gasteiger partial charge is 0.378 e. The first-order chi connectivity index (χ1) is 11.8. The molecule has 0 spiro atoms. The Labute approximate surface area is 141 Å². The molecule has 120 valence electrons. The Morgan fingerprint density at radius 1 is 1.08 bits per heavy atom. The Morgan fingerprint density at radius 2 is 1.96 bits per heavy atom. The normalized spacial score (nSPS) is 25.1. The third kappa shape index (κ3) is 2.05. The summed E-state index contributed by atoms with van der Waals surface area (Å²) in [4.78, 5) is 4.51. The van der Waals surface area contributed by atoms with E-state index in [2.05, 4.69) is 59.7 Å². The van der Waals surface area contributed by atoms with Gasteiger partial charge in [0.2, 0.25) is 0 Å². The Kier molecular flexibility index (Phi) is 3.10. The second-order valence-electron chi connectivity index (χ2n) is 6.87. The van der Waals surface area contributed by atoms with Gasteiger partial charge in [-0.1, -0.05) is 35.9 Å². The van der Waals surface area contributed by atoms with Gasteiger partial charge in [-0.25, -0.2) is 0 Å². The number of fused-ring (bicyclic) bond motifs is 5. The molecule has 3 heterocycles. The highest BCUT2D eigenvalue weighted by Crippen LogP contribution is 2.51. The van der Waals surface area contributed by atoms with Crippen LogP contribution in [-0.4, -0.2) is 11.6 Å². The SMILES string of the molecule is Cc1ccc([C@H]2Nc3ccc4ncccc4c3[C@@H]3OCC[C@H]23)cc1. The van der Waals surface area contributed by atoms with Crippen LogP contribution in [0, 0.1) is 12.8 Å². The molecular weight excluding hydrogens is 296 g/mol. The van der Waals surface area contributed by atoms with Gasteiger partial charge in [0.25, 0.3) is 0 Å². The molecule has 1 aromatic heterocycles. The van der Waals surface area contributed by atoms with E-state index < -0.39 is 0 Å². The van der Waals surface area contributed by atoms with Crippen LogP contribution in [0.1, 0.15) is 35.3 Å². The molecule has 3 atom stereocenters. The summed E-state index contributed by atoms with van der Waals surface area (Å²) in [6, 6.07) is 17.6. The zero-order chi connectivity index (χ0) is 16.1. The maximum Gasteiger partial charge on any atom is 0.0903 e. The number of aryl methyl sites for hydroxylation is 1. The molecule has 2 aliphatic rings. The standard InChI is InChI=1S/C21H20N2O/c1-13-4-6-14(7-5-13)20-16-10-12-24-21(16)19-15-3-2-11-22-17(15)8-9-18(19)23-20/h2-9,11,16,20-21,23H,10,12H2,1H3/t16-,20-,21-/m1/s1. The molecule has 24 heavy (non-hydrogen) atoms. The van der Waals surface area contributed by atoms with E-state index >= 15 is 0 Å². The first kappa shape index (κ1) is 14.0. The van der Waals surface area contributed by atoms with Gasteiger partial charge in [0.05, 0.1) is 17.7 Å². The van der Waals surface area contributed by atoms with Crippen LogP contribution in [0.5, 0.6) is 0 Å². The highest BCUT2D eigenvalue weighted by atomic mass is 16.5. The van der Waals surface area contributed by atoms with Gasteiger partial charge in [0.15, 0.2) is 0 Å². The molecule has 3 nitrogen and oxygen atoms in total. The minimum absolute atomic E-state index is 0.153. The van der Waals surface area contributed by atoms with E-state index in [1.54, 1.807) is 0 Å². The van der Waals surface area contributed by atoms with Crippen LogP contribution in [0.2, 0.25) is 0 Å². The van der Waals surface area contributed by atoms with Crippen molar-refractivity contribution in [2.45, 2.75) is 25.5 Å². The minimum atomic E-state index is 0.153. The predicted molar refractivity (Wildman–Crippen MR) is 96.1 cm³/mol. The van der Waals surface area contributed by atoms with Gasteiger partial charge in [0.1, 0.15) is 0 Å². The van der Waals surface area contributed by atoms with Gasteiger partial charge >= 0.3 is 0 Å². The third-order valence-electron chi connectivity index (χ3n) is 5.42.